The van der Waals surface area contributed by atoms with Gasteiger partial charge in [0.15, 0.2) is 10.2 Å². The van der Waals surface area contributed by atoms with Crippen LogP contribution in [-0.4, -0.2) is 60.4 Å². The van der Waals surface area contributed by atoms with Gasteiger partial charge in [0.05, 0.1) is 13.2 Å². The first kappa shape index (κ1) is 17.6. The molecule has 1 heterocycles. The lowest BCUT2D eigenvalue weighted by atomic mass is 10.2. The topological polar surface area (TPSA) is 65.6 Å². The number of rotatable bonds is 4. The molecule has 1 amide bonds. The predicted octanol–water partition coefficient (Wildman–Crippen LogP) is 0.498. The van der Waals surface area contributed by atoms with E-state index in [1.165, 1.54) is 0 Å². The second kappa shape index (κ2) is 9.39. The zero-order chi connectivity index (χ0) is 16.5. The highest BCUT2D eigenvalue weighted by Gasteiger charge is 2.12. The molecular weight excluding hydrogens is 332 g/mol. The lowest BCUT2D eigenvalue weighted by molar-refractivity contribution is 0.0677. The average molecular weight is 352 g/mol. The molecule has 0 aromatic heterocycles. The molecule has 0 radical (unpaired) electrons. The van der Waals surface area contributed by atoms with Crippen LogP contribution in [0.4, 0.5) is 0 Å². The monoisotopic (exact) mass is 352 g/mol. The van der Waals surface area contributed by atoms with Gasteiger partial charge < -0.3 is 20.3 Å². The molecule has 1 fully saturated rings. The molecule has 1 aromatic rings. The Kier molecular flexibility index (Phi) is 7.18. The van der Waals surface area contributed by atoms with Crippen LogP contribution in [-0.2, 0) is 4.74 Å². The van der Waals surface area contributed by atoms with Gasteiger partial charge in [-0.15, -0.1) is 0 Å². The van der Waals surface area contributed by atoms with Crippen LogP contribution < -0.4 is 16.0 Å². The van der Waals surface area contributed by atoms with Gasteiger partial charge in [-0.1, -0.05) is 18.2 Å². The molecule has 2 rings (SSSR count). The molecule has 1 saturated heterocycles. The molecule has 124 valence electrons. The van der Waals surface area contributed by atoms with E-state index >= 15 is 0 Å². The highest BCUT2D eigenvalue weighted by atomic mass is 32.1. The third-order valence-corrected chi connectivity index (χ3v) is 3.90. The molecule has 6 nitrogen and oxygen atoms in total. The van der Waals surface area contributed by atoms with Crippen molar-refractivity contribution in [2.45, 2.75) is 0 Å². The van der Waals surface area contributed by atoms with Crippen LogP contribution in [0.2, 0.25) is 0 Å². The van der Waals surface area contributed by atoms with Gasteiger partial charge in [0.25, 0.3) is 5.91 Å². The molecule has 23 heavy (non-hydrogen) atoms. The number of nitrogens with zero attached hydrogens (tertiary/aromatic N) is 1. The van der Waals surface area contributed by atoms with Crippen molar-refractivity contribution in [1.29, 1.82) is 0 Å². The van der Waals surface area contributed by atoms with Gasteiger partial charge in [0.2, 0.25) is 0 Å². The van der Waals surface area contributed by atoms with E-state index in [0.29, 0.717) is 42.1 Å². The van der Waals surface area contributed by atoms with Gasteiger partial charge in [0, 0.05) is 31.7 Å². The van der Waals surface area contributed by atoms with Gasteiger partial charge in [0.1, 0.15) is 0 Å². The molecular formula is C15H20N4O2S2. The van der Waals surface area contributed by atoms with Gasteiger partial charge in [-0.2, -0.15) is 0 Å². The third kappa shape index (κ3) is 6.09. The van der Waals surface area contributed by atoms with Crippen LogP contribution >= 0.6 is 24.4 Å². The second-order valence-corrected chi connectivity index (χ2v) is 5.70. The standard InChI is InChI=1S/C15H20N4O2S2/c20-13(12-4-2-1-3-5-12)18-14(22)16-6-7-17-15(23)19-8-10-21-11-9-19/h1-5H,6-11H2,(H,17,23)(H2,16,18,20,22). The fourth-order valence-electron chi connectivity index (χ4n) is 2.03. The second-order valence-electron chi connectivity index (χ2n) is 4.91. The Balaban J connectivity index is 1.61. The summed E-state index contributed by atoms with van der Waals surface area (Å²) in [5, 5.41) is 9.80. The predicted molar refractivity (Wildman–Crippen MR) is 97.5 cm³/mol. The van der Waals surface area contributed by atoms with E-state index in [0.717, 1.165) is 13.1 Å². The fourth-order valence-corrected chi connectivity index (χ4v) is 2.51. The van der Waals surface area contributed by atoms with Crippen LogP contribution in [0.3, 0.4) is 0 Å². The average Bonchev–Trinajstić information content (AvgIpc) is 2.60. The van der Waals surface area contributed by atoms with Gasteiger partial charge in [-0.3, -0.25) is 10.1 Å². The largest absolute Gasteiger partial charge is 0.378 e. The Morgan fingerprint density at radius 1 is 1.09 bits per heavy atom. The maximum atomic E-state index is 11.9. The summed E-state index contributed by atoms with van der Waals surface area (Å²) < 4.78 is 5.28. The van der Waals surface area contributed by atoms with Crippen molar-refractivity contribution in [2.75, 3.05) is 39.4 Å². The first-order chi connectivity index (χ1) is 11.2. The summed E-state index contributed by atoms with van der Waals surface area (Å²) >= 11 is 10.4. The van der Waals surface area contributed by atoms with E-state index < -0.39 is 0 Å². The van der Waals surface area contributed by atoms with Gasteiger partial charge in [-0.05, 0) is 36.6 Å². The fraction of sp³-hybridized carbons (Fsp3) is 0.400. The molecule has 0 bridgehead atoms. The highest BCUT2D eigenvalue weighted by Crippen LogP contribution is 1.98. The number of ether oxygens (including phenoxy) is 1. The minimum Gasteiger partial charge on any atom is -0.378 e. The van der Waals surface area contributed by atoms with Crippen LogP contribution in [0, 0.1) is 0 Å². The van der Waals surface area contributed by atoms with E-state index in [-0.39, 0.29) is 5.91 Å². The number of amides is 1. The summed E-state index contributed by atoms with van der Waals surface area (Å²) in [4.78, 5) is 14.0. The Morgan fingerprint density at radius 3 is 2.43 bits per heavy atom. The van der Waals surface area contributed by atoms with Crippen LogP contribution in [0.25, 0.3) is 0 Å². The summed E-state index contributed by atoms with van der Waals surface area (Å²) in [6.45, 7) is 4.22. The molecule has 1 aliphatic heterocycles. The Morgan fingerprint density at radius 2 is 1.74 bits per heavy atom. The number of carbonyl (C=O) groups excluding carboxylic acids is 1. The van der Waals surface area contributed by atoms with Crippen molar-refractivity contribution in [2.24, 2.45) is 0 Å². The van der Waals surface area contributed by atoms with Gasteiger partial charge in [-0.25, -0.2) is 0 Å². The molecule has 0 spiro atoms. The van der Waals surface area contributed by atoms with Crippen molar-refractivity contribution in [3.63, 3.8) is 0 Å². The maximum absolute atomic E-state index is 11.9. The van der Waals surface area contributed by atoms with Crippen molar-refractivity contribution in [3.8, 4) is 0 Å². The van der Waals surface area contributed by atoms with Crippen molar-refractivity contribution in [3.05, 3.63) is 35.9 Å². The molecule has 0 aliphatic carbocycles. The smallest absolute Gasteiger partial charge is 0.257 e. The quantitative estimate of drug-likeness (QED) is 0.539. The normalized spacial score (nSPS) is 14.0. The number of thiocarbonyl (C=S) groups is 2. The van der Waals surface area contributed by atoms with E-state index in [1.807, 2.05) is 18.2 Å². The Labute approximate surface area is 146 Å². The Bertz CT molecular complexity index is 548. The number of carbonyl (C=O) groups is 1. The van der Waals surface area contributed by atoms with Gasteiger partial charge >= 0.3 is 0 Å². The molecule has 0 saturated carbocycles. The molecule has 0 unspecified atom stereocenters. The van der Waals surface area contributed by atoms with E-state index in [1.54, 1.807) is 12.1 Å². The Hall–Kier alpha value is -1.77. The first-order valence-corrected chi connectivity index (χ1v) is 8.23. The molecule has 0 atom stereocenters. The minimum absolute atomic E-state index is 0.222. The van der Waals surface area contributed by atoms with Crippen LogP contribution in [0.15, 0.2) is 30.3 Å². The van der Waals surface area contributed by atoms with Crippen molar-refractivity contribution >= 4 is 40.6 Å². The highest BCUT2D eigenvalue weighted by molar-refractivity contribution is 7.80. The lowest BCUT2D eigenvalue weighted by Crippen LogP contribution is -2.48. The number of hydrogen-bond acceptors (Lipinski definition) is 4. The van der Waals surface area contributed by atoms with E-state index in [9.17, 15) is 4.79 Å². The third-order valence-electron chi connectivity index (χ3n) is 3.25. The van der Waals surface area contributed by atoms with E-state index in [2.05, 4.69) is 20.9 Å². The zero-order valence-electron chi connectivity index (χ0n) is 12.7. The summed E-state index contributed by atoms with van der Waals surface area (Å²) in [5.41, 5.74) is 0.572. The van der Waals surface area contributed by atoms with Crippen molar-refractivity contribution in [1.82, 2.24) is 20.9 Å². The first-order valence-electron chi connectivity index (χ1n) is 7.41. The van der Waals surface area contributed by atoms with Crippen molar-refractivity contribution < 1.29 is 9.53 Å². The van der Waals surface area contributed by atoms with E-state index in [4.69, 9.17) is 29.2 Å². The zero-order valence-corrected chi connectivity index (χ0v) is 14.3. The number of nitrogens with one attached hydrogen (secondary N) is 3. The summed E-state index contributed by atoms with van der Waals surface area (Å²) in [5.74, 6) is -0.222. The summed E-state index contributed by atoms with van der Waals surface area (Å²) in [6, 6.07) is 8.95. The van der Waals surface area contributed by atoms with Crippen LogP contribution in [0.5, 0.6) is 0 Å². The maximum Gasteiger partial charge on any atom is 0.257 e. The minimum atomic E-state index is -0.222. The molecule has 3 N–H and O–H groups in total. The number of hydrogen-bond donors (Lipinski definition) is 3. The summed E-state index contributed by atoms with van der Waals surface area (Å²) in [6.07, 6.45) is 0. The summed E-state index contributed by atoms with van der Waals surface area (Å²) in [7, 11) is 0. The SMILES string of the molecule is O=C(NC(=S)NCCNC(=S)N1CCOCC1)c1ccccc1. The van der Waals surface area contributed by atoms with Crippen LogP contribution in [0.1, 0.15) is 10.4 Å². The number of benzene rings is 1. The lowest BCUT2D eigenvalue weighted by Gasteiger charge is -2.29. The molecule has 1 aromatic carbocycles. The molecule has 8 heteroatoms. The number of morpholine rings is 1. The molecule has 1 aliphatic rings.